The zero-order valence-electron chi connectivity index (χ0n) is 9.55. The molecule has 0 aliphatic rings. The second kappa shape index (κ2) is 6.14. The molecule has 1 aromatic rings. The number of rotatable bonds is 5. The summed E-state index contributed by atoms with van der Waals surface area (Å²) >= 11 is 1.35. The Bertz CT molecular complexity index is 366. The number of halogens is 3. The maximum Gasteiger partial charge on any atom is 0.433 e. The van der Waals surface area contributed by atoms with Crippen molar-refractivity contribution in [1.82, 2.24) is 4.98 Å². The molecule has 0 saturated carbocycles. The van der Waals surface area contributed by atoms with Crippen molar-refractivity contribution in [2.45, 2.75) is 37.3 Å². The first-order chi connectivity index (χ1) is 7.95. The summed E-state index contributed by atoms with van der Waals surface area (Å²) in [5.74, 6) is 0.777. The molecule has 0 saturated heterocycles. The molecule has 2 N–H and O–H groups in total. The van der Waals surface area contributed by atoms with Gasteiger partial charge in [0.2, 0.25) is 0 Å². The molecule has 1 aromatic heterocycles. The fourth-order valence-electron chi connectivity index (χ4n) is 1.26. The van der Waals surface area contributed by atoms with Crippen LogP contribution in [0.5, 0.6) is 0 Å². The van der Waals surface area contributed by atoms with Crippen LogP contribution < -0.4 is 5.73 Å². The smallest absolute Gasteiger partial charge is 0.397 e. The van der Waals surface area contributed by atoms with E-state index in [1.807, 2.05) is 0 Å². The highest BCUT2D eigenvalue weighted by atomic mass is 32.2. The molecule has 0 unspecified atom stereocenters. The molecule has 0 fully saturated rings. The number of pyridine rings is 1. The highest BCUT2D eigenvalue weighted by molar-refractivity contribution is 7.99. The zero-order valence-corrected chi connectivity index (χ0v) is 10.4. The summed E-state index contributed by atoms with van der Waals surface area (Å²) < 4.78 is 37.3. The summed E-state index contributed by atoms with van der Waals surface area (Å²) in [7, 11) is 0. The molecular weight excluding hydrogens is 249 g/mol. The molecule has 0 spiro atoms. The van der Waals surface area contributed by atoms with Crippen LogP contribution in [0, 0.1) is 0 Å². The summed E-state index contributed by atoms with van der Waals surface area (Å²) in [6.45, 7) is 2.08. The number of thioether (sulfide) groups is 1. The van der Waals surface area contributed by atoms with E-state index in [9.17, 15) is 13.2 Å². The average molecular weight is 264 g/mol. The first-order valence-corrected chi connectivity index (χ1v) is 6.39. The van der Waals surface area contributed by atoms with Crippen molar-refractivity contribution in [2.24, 2.45) is 0 Å². The van der Waals surface area contributed by atoms with Crippen LogP contribution in [0.1, 0.15) is 31.9 Å². The van der Waals surface area contributed by atoms with Crippen molar-refractivity contribution in [3.8, 4) is 0 Å². The number of nitrogen functional groups attached to an aromatic ring is 1. The van der Waals surface area contributed by atoms with Crippen molar-refractivity contribution in [1.29, 1.82) is 0 Å². The Morgan fingerprint density at radius 2 is 2.06 bits per heavy atom. The summed E-state index contributed by atoms with van der Waals surface area (Å²) in [6, 6.07) is 1.02. The van der Waals surface area contributed by atoms with Gasteiger partial charge in [-0.1, -0.05) is 19.8 Å². The first-order valence-electron chi connectivity index (χ1n) is 5.40. The fraction of sp³-hybridized carbons (Fsp3) is 0.545. The van der Waals surface area contributed by atoms with E-state index >= 15 is 0 Å². The molecule has 0 aliphatic carbocycles. The molecular formula is C11H15F3N2S. The topological polar surface area (TPSA) is 38.9 Å². The van der Waals surface area contributed by atoms with E-state index in [4.69, 9.17) is 5.73 Å². The lowest BCUT2D eigenvalue weighted by Crippen LogP contribution is -2.08. The van der Waals surface area contributed by atoms with Crippen molar-refractivity contribution in [3.05, 3.63) is 18.0 Å². The molecule has 96 valence electrons. The third kappa shape index (κ3) is 4.46. The summed E-state index contributed by atoms with van der Waals surface area (Å²) in [5.41, 5.74) is 5.02. The summed E-state index contributed by atoms with van der Waals surface area (Å²) in [5, 5.41) is 0. The monoisotopic (exact) mass is 264 g/mol. The fourth-order valence-corrected chi connectivity index (χ4v) is 2.24. The Hall–Kier alpha value is -0.910. The van der Waals surface area contributed by atoms with Crippen LogP contribution in [0.4, 0.5) is 18.9 Å². The largest absolute Gasteiger partial charge is 0.433 e. The van der Waals surface area contributed by atoms with E-state index in [0.29, 0.717) is 10.6 Å². The lowest BCUT2D eigenvalue weighted by Gasteiger charge is -2.09. The van der Waals surface area contributed by atoms with Gasteiger partial charge in [0.25, 0.3) is 0 Å². The van der Waals surface area contributed by atoms with Gasteiger partial charge >= 0.3 is 6.18 Å². The number of anilines is 1. The Morgan fingerprint density at radius 1 is 1.35 bits per heavy atom. The first kappa shape index (κ1) is 14.2. The quantitative estimate of drug-likeness (QED) is 0.646. The minimum atomic E-state index is -4.41. The van der Waals surface area contributed by atoms with E-state index in [-0.39, 0.29) is 0 Å². The average Bonchev–Trinajstić information content (AvgIpc) is 2.25. The number of nitrogens with zero attached hydrogens (tertiary/aromatic N) is 1. The molecule has 0 aliphatic heterocycles. The number of aromatic nitrogens is 1. The van der Waals surface area contributed by atoms with Gasteiger partial charge < -0.3 is 5.73 Å². The van der Waals surface area contributed by atoms with Gasteiger partial charge in [0, 0.05) is 4.90 Å². The van der Waals surface area contributed by atoms with Gasteiger partial charge in [0.15, 0.2) is 0 Å². The number of hydrogen-bond donors (Lipinski definition) is 1. The van der Waals surface area contributed by atoms with Gasteiger partial charge in [-0.15, -0.1) is 11.8 Å². The van der Waals surface area contributed by atoms with E-state index in [0.717, 1.165) is 37.3 Å². The van der Waals surface area contributed by atoms with Crippen LogP contribution in [0.25, 0.3) is 0 Å². The molecule has 0 amide bonds. The Balaban J connectivity index is 2.70. The molecule has 0 bridgehead atoms. The summed E-state index contributed by atoms with van der Waals surface area (Å²) in [6.07, 6.45) is -0.202. The summed E-state index contributed by atoms with van der Waals surface area (Å²) in [4.78, 5) is 3.75. The zero-order chi connectivity index (χ0) is 12.9. The predicted octanol–water partition coefficient (Wildman–Crippen LogP) is 3.96. The highest BCUT2D eigenvalue weighted by Crippen LogP contribution is 2.33. The van der Waals surface area contributed by atoms with Gasteiger partial charge in [-0.2, -0.15) is 13.2 Å². The SMILES string of the molecule is CCCCCSc1cc(C(F)(F)F)ncc1N. The van der Waals surface area contributed by atoms with E-state index in [2.05, 4.69) is 11.9 Å². The molecule has 2 nitrogen and oxygen atoms in total. The molecule has 17 heavy (non-hydrogen) atoms. The van der Waals surface area contributed by atoms with Crippen molar-refractivity contribution in [3.63, 3.8) is 0 Å². The lowest BCUT2D eigenvalue weighted by atomic mass is 10.3. The number of unbranched alkanes of at least 4 members (excludes halogenated alkanes) is 2. The molecule has 0 aromatic carbocycles. The second-order valence-corrected chi connectivity index (χ2v) is 4.80. The van der Waals surface area contributed by atoms with Crippen molar-refractivity contribution < 1.29 is 13.2 Å². The minimum Gasteiger partial charge on any atom is -0.397 e. The van der Waals surface area contributed by atoms with E-state index in [1.54, 1.807) is 0 Å². The number of hydrogen-bond acceptors (Lipinski definition) is 3. The van der Waals surface area contributed by atoms with Crippen LogP contribution in [-0.4, -0.2) is 10.7 Å². The number of alkyl halides is 3. The van der Waals surface area contributed by atoms with Gasteiger partial charge in [-0.05, 0) is 18.2 Å². The lowest BCUT2D eigenvalue weighted by molar-refractivity contribution is -0.141. The minimum absolute atomic E-state index is 0.305. The Morgan fingerprint density at radius 3 is 2.65 bits per heavy atom. The maximum absolute atomic E-state index is 12.4. The van der Waals surface area contributed by atoms with Gasteiger partial charge in [0.05, 0.1) is 11.9 Å². The van der Waals surface area contributed by atoms with Crippen molar-refractivity contribution in [2.75, 3.05) is 11.5 Å². The molecule has 0 radical (unpaired) electrons. The van der Waals surface area contributed by atoms with Crippen LogP contribution in [0.15, 0.2) is 17.2 Å². The van der Waals surface area contributed by atoms with E-state index < -0.39 is 11.9 Å². The van der Waals surface area contributed by atoms with Crippen LogP contribution >= 0.6 is 11.8 Å². The van der Waals surface area contributed by atoms with Crippen LogP contribution in [-0.2, 0) is 6.18 Å². The normalized spacial score (nSPS) is 11.8. The van der Waals surface area contributed by atoms with E-state index in [1.165, 1.54) is 11.8 Å². The van der Waals surface area contributed by atoms with Gasteiger partial charge in [-0.25, -0.2) is 4.98 Å². The third-order valence-corrected chi connectivity index (χ3v) is 3.35. The molecule has 6 heteroatoms. The Labute approximate surface area is 103 Å². The molecule has 0 atom stereocenters. The maximum atomic E-state index is 12.4. The van der Waals surface area contributed by atoms with Crippen LogP contribution in [0.2, 0.25) is 0 Å². The van der Waals surface area contributed by atoms with Gasteiger partial charge in [-0.3, -0.25) is 0 Å². The van der Waals surface area contributed by atoms with Crippen molar-refractivity contribution >= 4 is 17.4 Å². The van der Waals surface area contributed by atoms with Gasteiger partial charge in [0.1, 0.15) is 5.69 Å². The Kier molecular flexibility index (Phi) is 5.11. The molecule has 1 heterocycles. The number of nitrogens with two attached hydrogens (primary N) is 1. The third-order valence-electron chi connectivity index (χ3n) is 2.19. The molecule has 1 rings (SSSR count). The second-order valence-electron chi connectivity index (χ2n) is 3.66. The van der Waals surface area contributed by atoms with Crippen LogP contribution in [0.3, 0.4) is 0 Å². The standard InChI is InChI=1S/C11H15F3N2S/c1-2-3-4-5-17-9-6-10(11(12,13)14)16-7-8(9)15/h6-7H,2-5,15H2,1H3. The highest BCUT2D eigenvalue weighted by Gasteiger charge is 2.32. The predicted molar refractivity (Wildman–Crippen MR) is 63.9 cm³/mol.